The van der Waals surface area contributed by atoms with Gasteiger partial charge in [0.25, 0.3) is 0 Å². The maximum absolute atomic E-state index is 12.2. The Labute approximate surface area is 125 Å². The number of hydrogen-bond acceptors (Lipinski definition) is 3. The molecular formula is C18H22O3. The Morgan fingerprint density at radius 2 is 1.81 bits per heavy atom. The molecule has 1 aromatic rings. The van der Waals surface area contributed by atoms with Crippen LogP contribution in [0.25, 0.3) is 0 Å². The van der Waals surface area contributed by atoms with Crippen molar-refractivity contribution in [2.75, 3.05) is 0 Å². The standard InChI is InChI=1S/C18H22O3/c19-16-13-18(11-4-5-12-18)21-17(20)15(16)10-6-9-14-7-2-1-3-8-14/h1-3,7-8,19H,4-6,9-13H2. The second kappa shape index (κ2) is 5.92. The summed E-state index contributed by atoms with van der Waals surface area (Å²) >= 11 is 0. The van der Waals surface area contributed by atoms with E-state index in [9.17, 15) is 9.90 Å². The molecule has 0 amide bonds. The Balaban J connectivity index is 1.61. The van der Waals surface area contributed by atoms with Crippen LogP contribution >= 0.6 is 0 Å². The zero-order valence-corrected chi connectivity index (χ0v) is 12.3. The number of aryl methyl sites for hydroxylation is 1. The van der Waals surface area contributed by atoms with Gasteiger partial charge in [-0.2, -0.15) is 0 Å². The second-order valence-corrected chi connectivity index (χ2v) is 6.22. The third-order valence-corrected chi connectivity index (χ3v) is 4.64. The van der Waals surface area contributed by atoms with Gasteiger partial charge in [0.15, 0.2) is 0 Å². The van der Waals surface area contributed by atoms with E-state index in [1.165, 1.54) is 5.56 Å². The minimum atomic E-state index is -0.399. The van der Waals surface area contributed by atoms with Gasteiger partial charge in [0, 0.05) is 6.42 Å². The topological polar surface area (TPSA) is 46.5 Å². The quantitative estimate of drug-likeness (QED) is 0.848. The molecule has 0 saturated heterocycles. The highest BCUT2D eigenvalue weighted by Gasteiger charge is 2.43. The minimum Gasteiger partial charge on any atom is -0.512 e. The highest BCUT2D eigenvalue weighted by atomic mass is 16.6. The molecule has 1 saturated carbocycles. The number of carbonyl (C=O) groups is 1. The average Bonchev–Trinajstić information content (AvgIpc) is 2.91. The van der Waals surface area contributed by atoms with Gasteiger partial charge in [-0.25, -0.2) is 4.79 Å². The van der Waals surface area contributed by atoms with Crippen LogP contribution in [0.3, 0.4) is 0 Å². The molecule has 1 aliphatic heterocycles. The Bertz CT molecular complexity index is 539. The summed E-state index contributed by atoms with van der Waals surface area (Å²) in [6.07, 6.45) is 6.82. The summed E-state index contributed by atoms with van der Waals surface area (Å²) in [7, 11) is 0. The summed E-state index contributed by atoms with van der Waals surface area (Å²) in [5.74, 6) is -0.0325. The second-order valence-electron chi connectivity index (χ2n) is 6.22. The minimum absolute atomic E-state index is 0.265. The van der Waals surface area contributed by atoms with Gasteiger partial charge in [-0.05, 0) is 50.5 Å². The fraction of sp³-hybridized carbons (Fsp3) is 0.500. The van der Waals surface area contributed by atoms with E-state index in [1.807, 2.05) is 18.2 Å². The maximum atomic E-state index is 12.2. The fourth-order valence-electron chi connectivity index (χ4n) is 3.48. The van der Waals surface area contributed by atoms with E-state index in [2.05, 4.69) is 12.1 Å². The molecule has 21 heavy (non-hydrogen) atoms. The van der Waals surface area contributed by atoms with Crippen molar-refractivity contribution in [3.63, 3.8) is 0 Å². The van der Waals surface area contributed by atoms with Crippen molar-refractivity contribution >= 4 is 5.97 Å². The first-order chi connectivity index (χ1) is 10.2. The average molecular weight is 286 g/mol. The van der Waals surface area contributed by atoms with Gasteiger partial charge in [-0.1, -0.05) is 30.3 Å². The van der Waals surface area contributed by atoms with Gasteiger partial charge in [0.1, 0.15) is 11.4 Å². The molecule has 0 radical (unpaired) electrons. The zero-order chi connectivity index (χ0) is 14.7. The predicted octanol–water partition coefficient (Wildman–Crippen LogP) is 4.08. The lowest BCUT2D eigenvalue weighted by molar-refractivity contribution is -0.158. The van der Waals surface area contributed by atoms with Crippen molar-refractivity contribution in [2.24, 2.45) is 0 Å². The Kier molecular flexibility index (Phi) is 4.00. The van der Waals surface area contributed by atoms with E-state index in [-0.39, 0.29) is 11.7 Å². The fourth-order valence-corrected chi connectivity index (χ4v) is 3.48. The van der Waals surface area contributed by atoms with Crippen LogP contribution in [0.4, 0.5) is 0 Å². The molecule has 2 aliphatic rings. The van der Waals surface area contributed by atoms with E-state index in [1.54, 1.807) is 0 Å². The molecule has 1 aliphatic carbocycles. The molecule has 0 bridgehead atoms. The lowest BCUT2D eigenvalue weighted by Gasteiger charge is -2.33. The van der Waals surface area contributed by atoms with E-state index < -0.39 is 5.60 Å². The normalized spacial score (nSPS) is 20.9. The van der Waals surface area contributed by atoms with Crippen molar-refractivity contribution in [3.8, 4) is 0 Å². The van der Waals surface area contributed by atoms with Gasteiger partial charge in [-0.3, -0.25) is 0 Å². The van der Waals surface area contributed by atoms with E-state index in [4.69, 9.17) is 4.74 Å². The summed E-state index contributed by atoms with van der Waals surface area (Å²) in [4.78, 5) is 12.2. The number of aliphatic hydroxyl groups is 1. The first kappa shape index (κ1) is 14.2. The van der Waals surface area contributed by atoms with Crippen LogP contribution in [0.2, 0.25) is 0 Å². The number of rotatable bonds is 4. The van der Waals surface area contributed by atoms with Crippen LogP contribution in [0.15, 0.2) is 41.7 Å². The van der Waals surface area contributed by atoms with Crippen LogP contribution < -0.4 is 0 Å². The van der Waals surface area contributed by atoms with Gasteiger partial charge in [0.05, 0.1) is 5.57 Å². The molecule has 0 aromatic heterocycles. The molecule has 3 nitrogen and oxygen atoms in total. The zero-order valence-electron chi connectivity index (χ0n) is 12.3. The lowest BCUT2D eigenvalue weighted by Crippen LogP contribution is -2.37. The van der Waals surface area contributed by atoms with E-state index >= 15 is 0 Å². The Morgan fingerprint density at radius 3 is 2.48 bits per heavy atom. The summed E-state index contributed by atoms with van der Waals surface area (Å²) < 4.78 is 5.66. The van der Waals surface area contributed by atoms with Crippen molar-refractivity contribution in [1.82, 2.24) is 0 Å². The molecule has 1 spiro atoms. The van der Waals surface area contributed by atoms with E-state index in [0.29, 0.717) is 18.4 Å². The van der Waals surface area contributed by atoms with E-state index in [0.717, 1.165) is 38.5 Å². The van der Waals surface area contributed by atoms with Crippen LogP contribution in [-0.4, -0.2) is 16.7 Å². The van der Waals surface area contributed by atoms with Crippen molar-refractivity contribution < 1.29 is 14.6 Å². The summed E-state index contributed by atoms with van der Waals surface area (Å²) in [6.45, 7) is 0. The predicted molar refractivity (Wildman–Crippen MR) is 80.9 cm³/mol. The Hall–Kier alpha value is -1.77. The molecule has 0 atom stereocenters. The van der Waals surface area contributed by atoms with Crippen LogP contribution in [0, 0.1) is 0 Å². The number of aliphatic hydroxyl groups excluding tert-OH is 1. The smallest absolute Gasteiger partial charge is 0.337 e. The first-order valence-electron chi connectivity index (χ1n) is 7.87. The number of ether oxygens (including phenoxy) is 1. The molecule has 1 aromatic carbocycles. The Morgan fingerprint density at radius 1 is 1.10 bits per heavy atom. The molecule has 1 fully saturated rings. The highest BCUT2D eigenvalue weighted by Crippen LogP contribution is 2.42. The van der Waals surface area contributed by atoms with Crippen molar-refractivity contribution in [2.45, 2.75) is 57.0 Å². The molecule has 1 heterocycles. The largest absolute Gasteiger partial charge is 0.512 e. The van der Waals surface area contributed by atoms with Crippen LogP contribution in [-0.2, 0) is 16.0 Å². The lowest BCUT2D eigenvalue weighted by atomic mass is 9.90. The number of hydrogen-bond donors (Lipinski definition) is 1. The van der Waals surface area contributed by atoms with Crippen molar-refractivity contribution in [3.05, 3.63) is 47.2 Å². The number of carbonyl (C=O) groups excluding carboxylic acids is 1. The maximum Gasteiger partial charge on any atom is 0.337 e. The molecule has 1 N–H and O–H groups in total. The molecule has 0 unspecified atom stereocenters. The summed E-state index contributed by atoms with van der Waals surface area (Å²) in [5.41, 5.74) is 1.35. The van der Waals surface area contributed by atoms with Gasteiger partial charge >= 0.3 is 5.97 Å². The van der Waals surface area contributed by atoms with Gasteiger partial charge in [-0.15, -0.1) is 0 Å². The van der Waals surface area contributed by atoms with Crippen molar-refractivity contribution in [1.29, 1.82) is 0 Å². The third-order valence-electron chi connectivity index (χ3n) is 4.64. The highest BCUT2D eigenvalue weighted by molar-refractivity contribution is 5.90. The molecule has 3 heteroatoms. The van der Waals surface area contributed by atoms with Crippen LogP contribution in [0.1, 0.15) is 50.5 Å². The van der Waals surface area contributed by atoms with Gasteiger partial charge < -0.3 is 9.84 Å². The number of benzene rings is 1. The summed E-state index contributed by atoms with van der Waals surface area (Å²) in [6, 6.07) is 10.2. The molecular weight excluding hydrogens is 264 g/mol. The first-order valence-corrected chi connectivity index (χ1v) is 7.87. The number of esters is 1. The summed E-state index contributed by atoms with van der Waals surface area (Å²) in [5, 5.41) is 10.2. The molecule has 3 rings (SSSR count). The van der Waals surface area contributed by atoms with Gasteiger partial charge in [0.2, 0.25) is 0 Å². The molecule has 112 valence electrons. The monoisotopic (exact) mass is 286 g/mol. The third kappa shape index (κ3) is 3.12. The SMILES string of the molecule is O=C1OC2(CCCC2)CC(O)=C1CCCc1ccccc1. The van der Waals surface area contributed by atoms with Crippen LogP contribution in [0.5, 0.6) is 0 Å².